The minimum Gasteiger partial charge on any atom is -1.00 e. The minimum absolute atomic E-state index is 0. The van der Waals surface area contributed by atoms with Gasteiger partial charge in [0, 0.05) is 12.1 Å². The molecule has 0 saturated heterocycles. The van der Waals surface area contributed by atoms with Gasteiger partial charge in [0.15, 0.2) is 0 Å². The first-order chi connectivity index (χ1) is 6.12. The predicted molar refractivity (Wildman–Crippen MR) is 55.2 cm³/mol. The maximum atomic E-state index is 12.7. The van der Waals surface area contributed by atoms with Crippen molar-refractivity contribution in [3.8, 4) is 0 Å². The fourth-order valence-corrected chi connectivity index (χ4v) is 1.39. The molecule has 1 rings (SSSR count). The first kappa shape index (κ1) is 13.4. The molecular formula is C11H17ClFN. The molecule has 0 atom stereocenters. The third-order valence-electron chi connectivity index (χ3n) is 2.85. The Hall–Kier alpha value is -0.600. The quantitative estimate of drug-likeness (QED) is 0.616. The zero-order chi connectivity index (χ0) is 9.90. The standard InChI is InChI=1S/C11H17FN.ClH/c1-4-13(3,5-2)11-8-6-10(12)7-9-11;/h6-9H,4-5H2,1-3H3;1H/q+1;/p-1. The molecule has 0 N–H and O–H groups in total. The Morgan fingerprint density at radius 3 is 1.86 bits per heavy atom. The smallest absolute Gasteiger partial charge is 0.132 e. The fraction of sp³-hybridized carbons (Fsp3) is 0.455. The van der Waals surface area contributed by atoms with Crippen LogP contribution in [-0.2, 0) is 0 Å². The van der Waals surface area contributed by atoms with Crippen LogP contribution in [0.3, 0.4) is 0 Å². The Balaban J connectivity index is 0.00000169. The number of quaternary nitrogens is 1. The molecule has 0 spiro atoms. The van der Waals surface area contributed by atoms with Crippen LogP contribution in [0.1, 0.15) is 13.8 Å². The molecule has 0 aliphatic heterocycles. The second-order valence-electron chi connectivity index (χ2n) is 3.50. The van der Waals surface area contributed by atoms with Gasteiger partial charge < -0.3 is 12.4 Å². The second-order valence-corrected chi connectivity index (χ2v) is 3.50. The second kappa shape index (κ2) is 5.32. The lowest BCUT2D eigenvalue weighted by atomic mass is 10.2. The SMILES string of the molecule is CC[N+](C)(CC)c1ccc(F)cc1.[Cl-]. The Morgan fingerprint density at radius 1 is 1.07 bits per heavy atom. The Morgan fingerprint density at radius 2 is 1.50 bits per heavy atom. The Bertz CT molecular complexity index is 267. The van der Waals surface area contributed by atoms with Crippen molar-refractivity contribution in [1.29, 1.82) is 0 Å². The molecule has 0 amide bonds. The van der Waals surface area contributed by atoms with E-state index in [1.165, 1.54) is 17.8 Å². The molecule has 80 valence electrons. The summed E-state index contributed by atoms with van der Waals surface area (Å²) in [4.78, 5) is 0. The lowest BCUT2D eigenvalue weighted by Crippen LogP contribution is -3.00. The van der Waals surface area contributed by atoms with Crippen LogP contribution in [0.25, 0.3) is 0 Å². The van der Waals surface area contributed by atoms with Gasteiger partial charge in [-0.05, 0) is 26.0 Å². The van der Waals surface area contributed by atoms with Gasteiger partial charge in [-0.15, -0.1) is 0 Å². The van der Waals surface area contributed by atoms with Crippen molar-refractivity contribution in [1.82, 2.24) is 4.48 Å². The summed E-state index contributed by atoms with van der Waals surface area (Å²) in [5.74, 6) is -0.164. The highest BCUT2D eigenvalue weighted by Gasteiger charge is 2.19. The van der Waals surface area contributed by atoms with Crippen LogP contribution in [0.5, 0.6) is 0 Å². The molecule has 1 aromatic carbocycles. The molecule has 0 aromatic heterocycles. The first-order valence-corrected chi connectivity index (χ1v) is 4.73. The lowest BCUT2D eigenvalue weighted by Gasteiger charge is -2.31. The van der Waals surface area contributed by atoms with Gasteiger partial charge in [0.25, 0.3) is 0 Å². The monoisotopic (exact) mass is 217 g/mol. The van der Waals surface area contributed by atoms with Crippen molar-refractivity contribution in [3.05, 3.63) is 30.1 Å². The molecule has 0 unspecified atom stereocenters. The molecule has 0 aliphatic rings. The molecule has 0 aliphatic carbocycles. The normalized spacial score (nSPS) is 10.9. The van der Waals surface area contributed by atoms with Crippen molar-refractivity contribution in [2.45, 2.75) is 13.8 Å². The van der Waals surface area contributed by atoms with Gasteiger partial charge >= 0.3 is 0 Å². The summed E-state index contributed by atoms with van der Waals surface area (Å²) in [6, 6.07) is 6.78. The average Bonchev–Trinajstić information content (AvgIpc) is 2.18. The van der Waals surface area contributed by atoms with E-state index in [1.54, 1.807) is 0 Å². The molecule has 3 heteroatoms. The van der Waals surface area contributed by atoms with E-state index < -0.39 is 0 Å². The Kier molecular flexibility index (Phi) is 5.09. The van der Waals surface area contributed by atoms with Gasteiger partial charge in [-0.3, -0.25) is 4.48 Å². The summed E-state index contributed by atoms with van der Waals surface area (Å²) in [7, 11) is 2.16. The largest absolute Gasteiger partial charge is 1.00 e. The fourth-order valence-electron chi connectivity index (χ4n) is 1.39. The van der Waals surface area contributed by atoms with E-state index in [-0.39, 0.29) is 18.2 Å². The van der Waals surface area contributed by atoms with Crippen molar-refractivity contribution in [3.63, 3.8) is 0 Å². The highest BCUT2D eigenvalue weighted by molar-refractivity contribution is 5.41. The summed E-state index contributed by atoms with van der Waals surface area (Å²) in [5, 5.41) is 0. The van der Waals surface area contributed by atoms with Crippen molar-refractivity contribution in [2.24, 2.45) is 0 Å². The van der Waals surface area contributed by atoms with Gasteiger partial charge in [0.1, 0.15) is 11.5 Å². The maximum Gasteiger partial charge on any atom is 0.132 e. The number of benzene rings is 1. The highest BCUT2D eigenvalue weighted by Crippen LogP contribution is 2.20. The van der Waals surface area contributed by atoms with Crippen LogP contribution in [0.15, 0.2) is 24.3 Å². The van der Waals surface area contributed by atoms with Crippen LogP contribution in [0, 0.1) is 5.82 Å². The molecule has 1 aromatic rings. The maximum absolute atomic E-state index is 12.7. The minimum atomic E-state index is -0.164. The van der Waals surface area contributed by atoms with E-state index >= 15 is 0 Å². The summed E-state index contributed by atoms with van der Waals surface area (Å²) in [6.45, 7) is 6.35. The van der Waals surface area contributed by atoms with Gasteiger partial charge in [0.2, 0.25) is 0 Å². The molecule has 14 heavy (non-hydrogen) atoms. The predicted octanol–water partition coefficient (Wildman–Crippen LogP) is -0.193. The van der Waals surface area contributed by atoms with Crippen LogP contribution in [0.4, 0.5) is 10.1 Å². The molecule has 0 radical (unpaired) electrons. The molecule has 1 nitrogen and oxygen atoms in total. The number of rotatable bonds is 3. The number of halogens is 2. The zero-order valence-corrected chi connectivity index (χ0v) is 9.68. The topological polar surface area (TPSA) is 0 Å². The van der Waals surface area contributed by atoms with E-state index in [1.807, 2.05) is 12.1 Å². The third kappa shape index (κ3) is 2.69. The summed E-state index contributed by atoms with van der Waals surface area (Å²) in [5.41, 5.74) is 1.17. The molecule has 0 bridgehead atoms. The van der Waals surface area contributed by atoms with Gasteiger partial charge in [-0.2, -0.15) is 0 Å². The van der Waals surface area contributed by atoms with E-state index in [9.17, 15) is 4.39 Å². The van der Waals surface area contributed by atoms with Crippen LogP contribution in [-0.4, -0.2) is 20.1 Å². The van der Waals surface area contributed by atoms with E-state index in [0.717, 1.165) is 17.6 Å². The molecular weight excluding hydrogens is 201 g/mol. The van der Waals surface area contributed by atoms with E-state index in [2.05, 4.69) is 20.9 Å². The average molecular weight is 218 g/mol. The summed E-state index contributed by atoms with van der Waals surface area (Å²) >= 11 is 0. The van der Waals surface area contributed by atoms with Crippen molar-refractivity contribution in [2.75, 3.05) is 20.1 Å². The molecule has 0 saturated carbocycles. The number of hydrogen-bond acceptors (Lipinski definition) is 0. The number of hydrogen-bond donors (Lipinski definition) is 0. The summed E-state index contributed by atoms with van der Waals surface area (Å²) in [6.07, 6.45) is 0. The third-order valence-corrected chi connectivity index (χ3v) is 2.85. The first-order valence-electron chi connectivity index (χ1n) is 4.73. The van der Waals surface area contributed by atoms with Gasteiger partial charge in [0.05, 0.1) is 20.1 Å². The summed E-state index contributed by atoms with van der Waals surface area (Å²) < 4.78 is 13.5. The lowest BCUT2D eigenvalue weighted by molar-refractivity contribution is -0.00000348. The van der Waals surface area contributed by atoms with Crippen LogP contribution < -0.4 is 16.9 Å². The van der Waals surface area contributed by atoms with E-state index in [4.69, 9.17) is 0 Å². The molecule has 0 heterocycles. The molecule has 0 fully saturated rings. The van der Waals surface area contributed by atoms with Crippen molar-refractivity contribution < 1.29 is 16.8 Å². The van der Waals surface area contributed by atoms with Gasteiger partial charge in [-0.25, -0.2) is 4.39 Å². The van der Waals surface area contributed by atoms with Crippen LogP contribution >= 0.6 is 0 Å². The zero-order valence-electron chi connectivity index (χ0n) is 8.93. The number of nitrogens with zero attached hydrogens (tertiary/aromatic N) is 1. The van der Waals surface area contributed by atoms with Crippen molar-refractivity contribution >= 4 is 5.69 Å². The van der Waals surface area contributed by atoms with Gasteiger partial charge in [-0.1, -0.05) is 0 Å². The highest BCUT2D eigenvalue weighted by atomic mass is 35.5. The van der Waals surface area contributed by atoms with Crippen LogP contribution in [0.2, 0.25) is 0 Å². The Labute approximate surface area is 91.5 Å². The van der Waals surface area contributed by atoms with E-state index in [0.29, 0.717) is 0 Å².